The van der Waals surface area contributed by atoms with Gasteiger partial charge in [-0.25, -0.2) is 0 Å². The van der Waals surface area contributed by atoms with E-state index in [1.165, 1.54) is 11.1 Å². The lowest BCUT2D eigenvalue weighted by Gasteiger charge is -2.11. The van der Waals surface area contributed by atoms with Crippen molar-refractivity contribution in [3.8, 4) is 0 Å². The Labute approximate surface area is 85.9 Å². The predicted octanol–water partition coefficient (Wildman–Crippen LogP) is 1.61. The number of hydrogen-bond acceptors (Lipinski definition) is 2. The van der Waals surface area contributed by atoms with Crippen LogP contribution in [0.3, 0.4) is 0 Å². The molecule has 0 aliphatic heterocycles. The van der Waals surface area contributed by atoms with Gasteiger partial charge in [0.1, 0.15) is 0 Å². The molecule has 2 nitrogen and oxygen atoms in total. The molecule has 2 rings (SSSR count). The van der Waals surface area contributed by atoms with E-state index in [0.29, 0.717) is 0 Å². The predicted molar refractivity (Wildman–Crippen MR) is 55.4 cm³/mol. The van der Waals surface area contributed by atoms with Gasteiger partial charge in [-0.1, -0.05) is 22.0 Å². The van der Waals surface area contributed by atoms with Crippen LogP contribution in [-0.2, 0) is 6.42 Å². The zero-order valence-corrected chi connectivity index (χ0v) is 8.79. The highest BCUT2D eigenvalue weighted by Gasteiger charge is 2.28. The fraction of sp³-hybridized carbons (Fsp3) is 0.400. The van der Waals surface area contributed by atoms with Gasteiger partial charge in [0.2, 0.25) is 0 Å². The molecule has 0 aromatic heterocycles. The lowest BCUT2D eigenvalue weighted by molar-refractivity contribution is 0.214. The molecule has 3 heteroatoms. The van der Waals surface area contributed by atoms with Gasteiger partial charge in [-0.3, -0.25) is 0 Å². The van der Waals surface area contributed by atoms with Gasteiger partial charge >= 0.3 is 0 Å². The monoisotopic (exact) mass is 241 g/mol. The van der Waals surface area contributed by atoms with Gasteiger partial charge in [0.25, 0.3) is 0 Å². The Bertz CT molecular complexity index is 327. The molecule has 3 N–H and O–H groups in total. The zero-order valence-electron chi connectivity index (χ0n) is 7.20. The van der Waals surface area contributed by atoms with E-state index >= 15 is 0 Å². The van der Waals surface area contributed by atoms with Crippen molar-refractivity contribution in [3.63, 3.8) is 0 Å². The lowest BCUT2D eigenvalue weighted by atomic mass is 10.0. The maximum Gasteiger partial charge on any atom is 0.0480 e. The second-order valence-corrected chi connectivity index (χ2v) is 4.43. The largest absolute Gasteiger partial charge is 0.396 e. The van der Waals surface area contributed by atoms with Crippen LogP contribution in [-0.4, -0.2) is 11.7 Å². The van der Waals surface area contributed by atoms with Crippen molar-refractivity contribution >= 4 is 15.9 Å². The normalized spacial score (nSPS) is 26.1. The molecule has 1 aliphatic rings. The van der Waals surface area contributed by atoms with Crippen molar-refractivity contribution in [3.05, 3.63) is 33.8 Å². The smallest absolute Gasteiger partial charge is 0.0480 e. The Hall–Kier alpha value is -0.380. The van der Waals surface area contributed by atoms with E-state index in [-0.39, 0.29) is 18.6 Å². The molecule has 1 aliphatic carbocycles. The Morgan fingerprint density at radius 3 is 3.00 bits per heavy atom. The molecule has 0 fully saturated rings. The molecule has 1 aromatic rings. The molecule has 0 spiro atoms. The second kappa shape index (κ2) is 3.40. The molecule has 0 bridgehead atoms. The van der Waals surface area contributed by atoms with E-state index in [0.717, 1.165) is 10.9 Å². The summed E-state index contributed by atoms with van der Waals surface area (Å²) in [7, 11) is 0. The van der Waals surface area contributed by atoms with E-state index < -0.39 is 0 Å². The van der Waals surface area contributed by atoms with Crippen molar-refractivity contribution in [2.75, 3.05) is 6.61 Å². The average Bonchev–Trinajstić information content (AvgIpc) is 2.42. The molecule has 70 valence electrons. The summed E-state index contributed by atoms with van der Waals surface area (Å²) in [6.45, 7) is 0.174. The topological polar surface area (TPSA) is 46.2 Å². The molecular weight excluding hydrogens is 230 g/mol. The van der Waals surface area contributed by atoms with Gasteiger partial charge < -0.3 is 10.8 Å². The minimum Gasteiger partial charge on any atom is -0.396 e. The highest BCUT2D eigenvalue weighted by atomic mass is 79.9. The van der Waals surface area contributed by atoms with Crippen LogP contribution in [0.25, 0.3) is 0 Å². The summed E-state index contributed by atoms with van der Waals surface area (Å²) in [6, 6.07) is 6.14. The minimum absolute atomic E-state index is 0.00750. The first-order chi connectivity index (χ1) is 6.22. The highest BCUT2D eigenvalue weighted by Crippen LogP contribution is 2.35. The SMILES string of the molecule is N[C@@H]1c2ccc(Br)cc2C[C@@H]1CO. The zero-order chi connectivity index (χ0) is 9.42. The molecule has 0 radical (unpaired) electrons. The molecule has 13 heavy (non-hydrogen) atoms. The summed E-state index contributed by atoms with van der Waals surface area (Å²) in [4.78, 5) is 0. The third-order valence-electron chi connectivity index (χ3n) is 2.69. The molecule has 2 atom stereocenters. The number of hydrogen-bond donors (Lipinski definition) is 2. The van der Waals surface area contributed by atoms with Crippen molar-refractivity contribution < 1.29 is 5.11 Å². The van der Waals surface area contributed by atoms with E-state index in [4.69, 9.17) is 10.8 Å². The lowest BCUT2D eigenvalue weighted by Crippen LogP contribution is -2.19. The fourth-order valence-corrected chi connectivity index (χ4v) is 2.33. The molecule has 0 saturated carbocycles. The van der Waals surface area contributed by atoms with Crippen molar-refractivity contribution in [2.45, 2.75) is 12.5 Å². The van der Waals surface area contributed by atoms with Gasteiger partial charge in [0.05, 0.1) is 0 Å². The first-order valence-electron chi connectivity index (χ1n) is 4.37. The van der Waals surface area contributed by atoms with Gasteiger partial charge in [-0.15, -0.1) is 0 Å². The number of rotatable bonds is 1. The van der Waals surface area contributed by atoms with Gasteiger partial charge in [-0.05, 0) is 29.7 Å². The van der Waals surface area contributed by atoms with Crippen LogP contribution < -0.4 is 5.73 Å². The Morgan fingerprint density at radius 2 is 2.31 bits per heavy atom. The van der Waals surface area contributed by atoms with Gasteiger partial charge in [0, 0.05) is 23.0 Å². The summed E-state index contributed by atoms with van der Waals surface area (Å²) in [6.07, 6.45) is 0.895. The van der Waals surface area contributed by atoms with Crippen molar-refractivity contribution in [2.24, 2.45) is 11.7 Å². The number of aliphatic hydroxyl groups is 1. The highest BCUT2D eigenvalue weighted by molar-refractivity contribution is 9.10. The first-order valence-corrected chi connectivity index (χ1v) is 5.16. The summed E-state index contributed by atoms with van der Waals surface area (Å²) in [5.74, 6) is 0.198. The Morgan fingerprint density at radius 1 is 1.54 bits per heavy atom. The van der Waals surface area contributed by atoms with Crippen molar-refractivity contribution in [1.29, 1.82) is 0 Å². The Kier molecular flexibility index (Phi) is 2.41. The van der Waals surface area contributed by atoms with Crippen LogP contribution >= 0.6 is 15.9 Å². The van der Waals surface area contributed by atoms with Crippen molar-refractivity contribution in [1.82, 2.24) is 0 Å². The van der Waals surface area contributed by atoms with Crippen LogP contribution in [0.5, 0.6) is 0 Å². The van der Waals surface area contributed by atoms with Crippen LogP contribution in [0.1, 0.15) is 17.2 Å². The van der Waals surface area contributed by atoms with E-state index in [1.807, 2.05) is 12.1 Å². The average molecular weight is 242 g/mol. The number of halogens is 1. The molecule has 0 heterocycles. The van der Waals surface area contributed by atoms with Crippen LogP contribution in [0, 0.1) is 5.92 Å². The Balaban J connectivity index is 2.38. The summed E-state index contributed by atoms with van der Waals surface area (Å²) in [5, 5.41) is 9.09. The third-order valence-corrected chi connectivity index (χ3v) is 3.18. The van der Waals surface area contributed by atoms with E-state index in [2.05, 4.69) is 22.0 Å². The minimum atomic E-state index is 0.00750. The fourth-order valence-electron chi connectivity index (χ4n) is 1.92. The quantitative estimate of drug-likeness (QED) is 0.785. The van der Waals surface area contributed by atoms with Crippen LogP contribution in [0.2, 0.25) is 0 Å². The third kappa shape index (κ3) is 1.52. The molecule has 0 unspecified atom stereocenters. The number of benzene rings is 1. The number of nitrogens with two attached hydrogens (primary N) is 1. The standard InChI is InChI=1S/C10H12BrNO/c11-8-1-2-9-6(4-8)3-7(5-13)10(9)12/h1-2,4,7,10,13H,3,5,12H2/t7-,10+/m1/s1. The molecule has 0 saturated heterocycles. The maximum absolute atomic E-state index is 9.09. The second-order valence-electron chi connectivity index (χ2n) is 3.52. The van der Waals surface area contributed by atoms with Gasteiger partial charge in [-0.2, -0.15) is 0 Å². The molecular formula is C10H12BrNO. The van der Waals surface area contributed by atoms with Gasteiger partial charge in [0.15, 0.2) is 0 Å². The number of aliphatic hydroxyl groups excluding tert-OH is 1. The molecule has 0 amide bonds. The van der Waals surface area contributed by atoms with Crippen LogP contribution in [0.4, 0.5) is 0 Å². The first kappa shape index (κ1) is 9.19. The summed E-state index contributed by atoms with van der Waals surface area (Å²) < 4.78 is 1.08. The maximum atomic E-state index is 9.09. The summed E-state index contributed by atoms with van der Waals surface area (Å²) in [5.41, 5.74) is 8.42. The van der Waals surface area contributed by atoms with E-state index in [9.17, 15) is 0 Å². The molecule has 1 aromatic carbocycles. The number of fused-ring (bicyclic) bond motifs is 1. The summed E-state index contributed by atoms with van der Waals surface area (Å²) >= 11 is 3.42. The van der Waals surface area contributed by atoms with E-state index in [1.54, 1.807) is 0 Å². The van der Waals surface area contributed by atoms with Crippen LogP contribution in [0.15, 0.2) is 22.7 Å².